The Bertz CT molecular complexity index is 746. The van der Waals surface area contributed by atoms with Crippen LogP contribution in [0.5, 0.6) is 0 Å². The number of aryl methyl sites for hydroxylation is 1. The normalized spacial score (nSPS) is 11.2. The number of fused-ring (bicyclic) bond motifs is 3. The zero-order valence-corrected chi connectivity index (χ0v) is 11.3. The van der Waals surface area contributed by atoms with Gasteiger partial charge in [0.05, 0.1) is 11.2 Å². The van der Waals surface area contributed by atoms with Crippen molar-refractivity contribution < 1.29 is 9.90 Å². The molecule has 1 N–H and O–H groups in total. The number of rotatable bonds is 4. The van der Waals surface area contributed by atoms with Crippen molar-refractivity contribution in [3.05, 3.63) is 42.2 Å². The first kappa shape index (κ1) is 12.7. The average molecular weight is 268 g/mol. The molecular formula is C16H16N2O2. The van der Waals surface area contributed by atoms with E-state index in [0.717, 1.165) is 35.0 Å². The lowest BCUT2D eigenvalue weighted by Crippen LogP contribution is -2.12. The SMILES string of the molecule is CCCCn1cc2nc3ccccc3c-2cc1C(=O)O. The van der Waals surface area contributed by atoms with Crippen LogP contribution >= 0.6 is 0 Å². The van der Waals surface area contributed by atoms with Crippen molar-refractivity contribution >= 4 is 16.9 Å². The summed E-state index contributed by atoms with van der Waals surface area (Å²) in [6.45, 7) is 2.80. The number of unbranched alkanes of at least 4 members (excludes halogenated alkanes) is 1. The molecule has 1 aromatic rings. The van der Waals surface area contributed by atoms with Gasteiger partial charge in [-0.1, -0.05) is 31.5 Å². The molecule has 0 unspecified atom stereocenters. The Kier molecular flexibility index (Phi) is 3.14. The summed E-state index contributed by atoms with van der Waals surface area (Å²) < 4.78 is 1.79. The van der Waals surface area contributed by atoms with Gasteiger partial charge in [-0.15, -0.1) is 0 Å². The van der Waals surface area contributed by atoms with E-state index < -0.39 is 5.97 Å². The molecule has 0 saturated carbocycles. The number of pyridine rings is 1. The van der Waals surface area contributed by atoms with Crippen molar-refractivity contribution in [2.45, 2.75) is 26.3 Å². The third-order valence-corrected chi connectivity index (χ3v) is 3.55. The van der Waals surface area contributed by atoms with Crippen LogP contribution in [0.3, 0.4) is 0 Å². The molecule has 20 heavy (non-hydrogen) atoms. The fraction of sp³-hybridized carbons (Fsp3) is 0.250. The zero-order chi connectivity index (χ0) is 14.1. The van der Waals surface area contributed by atoms with Gasteiger partial charge in [-0.25, -0.2) is 9.78 Å². The molecule has 3 rings (SSSR count). The Morgan fingerprint density at radius 2 is 2.15 bits per heavy atom. The molecule has 0 amide bonds. The van der Waals surface area contributed by atoms with Gasteiger partial charge in [0.25, 0.3) is 0 Å². The number of carboxylic acid groups (broad SMARTS) is 1. The minimum absolute atomic E-state index is 0.323. The number of carboxylic acids is 1. The summed E-state index contributed by atoms with van der Waals surface area (Å²) >= 11 is 0. The van der Waals surface area contributed by atoms with Crippen molar-refractivity contribution in [1.82, 2.24) is 9.55 Å². The number of aromatic nitrogens is 2. The van der Waals surface area contributed by atoms with Gasteiger partial charge in [0.15, 0.2) is 0 Å². The molecule has 0 atom stereocenters. The van der Waals surface area contributed by atoms with E-state index in [1.54, 1.807) is 10.6 Å². The van der Waals surface area contributed by atoms with Crippen molar-refractivity contribution in [2.75, 3.05) is 0 Å². The van der Waals surface area contributed by atoms with E-state index in [4.69, 9.17) is 0 Å². The summed E-state index contributed by atoms with van der Waals surface area (Å²) in [5.41, 5.74) is 2.99. The lowest BCUT2D eigenvalue weighted by atomic mass is 10.1. The second kappa shape index (κ2) is 4.96. The highest BCUT2D eigenvalue weighted by molar-refractivity contribution is 5.99. The predicted molar refractivity (Wildman–Crippen MR) is 78.2 cm³/mol. The maximum absolute atomic E-state index is 11.4. The van der Waals surface area contributed by atoms with Gasteiger partial charge in [-0.05, 0) is 18.6 Å². The number of carbonyl (C=O) groups is 1. The number of para-hydroxylation sites is 1. The van der Waals surface area contributed by atoms with Gasteiger partial charge < -0.3 is 9.67 Å². The molecule has 1 aromatic carbocycles. The van der Waals surface area contributed by atoms with Crippen LogP contribution in [0.2, 0.25) is 0 Å². The van der Waals surface area contributed by atoms with Gasteiger partial charge in [0, 0.05) is 23.7 Å². The highest BCUT2D eigenvalue weighted by Gasteiger charge is 2.17. The van der Waals surface area contributed by atoms with Crippen LogP contribution in [0.25, 0.3) is 22.2 Å². The summed E-state index contributed by atoms with van der Waals surface area (Å²) in [4.78, 5) is 16.0. The quantitative estimate of drug-likeness (QED) is 0.786. The molecule has 0 saturated heterocycles. The van der Waals surface area contributed by atoms with Gasteiger partial charge in [-0.3, -0.25) is 0 Å². The van der Waals surface area contributed by atoms with E-state index in [2.05, 4.69) is 11.9 Å². The van der Waals surface area contributed by atoms with Gasteiger partial charge in [-0.2, -0.15) is 0 Å². The Morgan fingerprint density at radius 3 is 2.90 bits per heavy atom. The number of hydrogen-bond acceptors (Lipinski definition) is 2. The van der Waals surface area contributed by atoms with E-state index in [1.807, 2.05) is 30.5 Å². The third-order valence-electron chi connectivity index (χ3n) is 3.55. The molecule has 2 aliphatic rings. The maximum Gasteiger partial charge on any atom is 0.352 e. The van der Waals surface area contributed by atoms with Crippen molar-refractivity contribution in [1.29, 1.82) is 0 Å². The molecule has 2 aliphatic heterocycles. The smallest absolute Gasteiger partial charge is 0.352 e. The summed E-state index contributed by atoms with van der Waals surface area (Å²) in [7, 11) is 0. The van der Waals surface area contributed by atoms with E-state index in [0.29, 0.717) is 12.2 Å². The first-order valence-electron chi connectivity index (χ1n) is 6.82. The molecule has 0 fully saturated rings. The fourth-order valence-corrected chi connectivity index (χ4v) is 2.51. The predicted octanol–water partition coefficient (Wildman–Crippen LogP) is 3.64. The average Bonchev–Trinajstić information content (AvgIpc) is 2.81. The Balaban J connectivity index is 2.24. The fourth-order valence-electron chi connectivity index (χ4n) is 2.51. The van der Waals surface area contributed by atoms with E-state index in [9.17, 15) is 9.90 Å². The van der Waals surface area contributed by atoms with Crippen LogP contribution in [0, 0.1) is 0 Å². The first-order valence-corrected chi connectivity index (χ1v) is 6.82. The molecule has 2 heterocycles. The summed E-state index contributed by atoms with van der Waals surface area (Å²) in [5.74, 6) is -0.895. The summed E-state index contributed by atoms with van der Waals surface area (Å²) in [6, 6.07) is 9.56. The van der Waals surface area contributed by atoms with Gasteiger partial charge >= 0.3 is 5.97 Å². The lowest BCUT2D eigenvalue weighted by molar-refractivity contribution is 0.0684. The molecular weight excluding hydrogens is 252 g/mol. The Hall–Kier alpha value is -2.36. The number of benzene rings is 1. The van der Waals surface area contributed by atoms with Crippen LogP contribution in [-0.4, -0.2) is 20.6 Å². The molecule has 0 radical (unpaired) electrons. The number of nitrogens with zero attached hydrogens (tertiary/aromatic N) is 2. The minimum Gasteiger partial charge on any atom is -0.477 e. The van der Waals surface area contributed by atoms with Crippen LogP contribution in [0.15, 0.2) is 36.5 Å². The number of aromatic carboxylic acids is 1. The first-order chi connectivity index (χ1) is 9.70. The summed E-state index contributed by atoms with van der Waals surface area (Å²) in [6.07, 6.45) is 3.84. The summed E-state index contributed by atoms with van der Waals surface area (Å²) in [5, 5.41) is 10.4. The number of hydrogen-bond donors (Lipinski definition) is 1. The highest BCUT2D eigenvalue weighted by Crippen LogP contribution is 2.31. The van der Waals surface area contributed by atoms with Crippen molar-refractivity contribution in [3.8, 4) is 11.3 Å². The maximum atomic E-state index is 11.4. The zero-order valence-electron chi connectivity index (χ0n) is 11.3. The van der Waals surface area contributed by atoms with Gasteiger partial charge in [0.1, 0.15) is 5.69 Å². The van der Waals surface area contributed by atoms with Crippen LogP contribution < -0.4 is 0 Å². The van der Waals surface area contributed by atoms with Crippen LogP contribution in [0.1, 0.15) is 30.3 Å². The van der Waals surface area contributed by atoms with Crippen molar-refractivity contribution in [2.24, 2.45) is 0 Å². The van der Waals surface area contributed by atoms with Gasteiger partial charge in [0.2, 0.25) is 0 Å². The second-order valence-corrected chi connectivity index (χ2v) is 4.94. The van der Waals surface area contributed by atoms with Crippen LogP contribution in [-0.2, 0) is 6.54 Å². The molecule has 0 bridgehead atoms. The second-order valence-electron chi connectivity index (χ2n) is 4.94. The highest BCUT2D eigenvalue weighted by atomic mass is 16.4. The molecule has 102 valence electrons. The lowest BCUT2D eigenvalue weighted by Gasteiger charge is -2.12. The molecule has 0 aliphatic carbocycles. The third kappa shape index (κ3) is 2.03. The largest absolute Gasteiger partial charge is 0.477 e. The molecule has 0 spiro atoms. The Morgan fingerprint density at radius 1 is 1.35 bits per heavy atom. The monoisotopic (exact) mass is 268 g/mol. The van der Waals surface area contributed by atoms with E-state index in [1.165, 1.54) is 0 Å². The Labute approximate surface area is 117 Å². The van der Waals surface area contributed by atoms with Crippen LogP contribution in [0.4, 0.5) is 0 Å². The van der Waals surface area contributed by atoms with E-state index >= 15 is 0 Å². The molecule has 4 heteroatoms. The standard InChI is InChI=1S/C16H16N2O2/c1-2-3-8-18-10-14-12(9-15(18)16(19)20)11-6-4-5-7-13(11)17-14/h4-7,9-10H,2-3,8H2,1H3,(H,19,20). The van der Waals surface area contributed by atoms with Crippen molar-refractivity contribution in [3.63, 3.8) is 0 Å². The van der Waals surface area contributed by atoms with E-state index in [-0.39, 0.29) is 0 Å². The molecule has 4 nitrogen and oxygen atoms in total. The molecule has 0 aromatic heterocycles. The topological polar surface area (TPSA) is 55.1 Å². The minimum atomic E-state index is -0.895.